The smallest absolute Gasteiger partial charge is 0.0441 e. The van der Waals surface area contributed by atoms with E-state index in [0.717, 1.165) is 28.1 Å². The summed E-state index contributed by atoms with van der Waals surface area (Å²) in [6.45, 7) is 4.53. The lowest BCUT2D eigenvalue weighted by Gasteiger charge is -2.28. The van der Waals surface area contributed by atoms with E-state index in [0.29, 0.717) is 0 Å². The summed E-state index contributed by atoms with van der Waals surface area (Å²) in [6, 6.07) is 6.00. The molecule has 0 saturated heterocycles. The Hall–Kier alpha value is -1.77. The van der Waals surface area contributed by atoms with Gasteiger partial charge in [0.1, 0.15) is 0 Å². The van der Waals surface area contributed by atoms with Crippen molar-refractivity contribution in [2.75, 3.05) is 11.1 Å². The van der Waals surface area contributed by atoms with Gasteiger partial charge in [-0.05, 0) is 50.8 Å². The summed E-state index contributed by atoms with van der Waals surface area (Å²) in [4.78, 5) is 4.21. The predicted molar refractivity (Wildman–Crippen MR) is 76.6 cm³/mol. The first-order chi connectivity index (χ1) is 8.58. The summed E-state index contributed by atoms with van der Waals surface area (Å²) < 4.78 is 0. The molecule has 3 rings (SSSR count). The zero-order valence-corrected chi connectivity index (χ0v) is 10.9. The highest BCUT2D eigenvalue weighted by atomic mass is 15.0. The summed E-state index contributed by atoms with van der Waals surface area (Å²) in [5, 5.41) is 5.83. The van der Waals surface area contributed by atoms with Crippen LogP contribution in [0, 0.1) is 5.92 Å². The molecule has 0 aliphatic heterocycles. The van der Waals surface area contributed by atoms with Gasteiger partial charge >= 0.3 is 0 Å². The van der Waals surface area contributed by atoms with Gasteiger partial charge in [0.2, 0.25) is 0 Å². The van der Waals surface area contributed by atoms with Gasteiger partial charge in [0.25, 0.3) is 0 Å². The Labute approximate surface area is 107 Å². The monoisotopic (exact) mass is 241 g/mol. The lowest BCUT2D eigenvalue weighted by Crippen LogP contribution is -2.33. The highest BCUT2D eigenvalue weighted by Crippen LogP contribution is 2.42. The van der Waals surface area contributed by atoms with Crippen LogP contribution in [0.4, 0.5) is 11.4 Å². The maximum absolute atomic E-state index is 6.01. The normalized spacial score (nSPS) is 15.9. The second kappa shape index (κ2) is 3.87. The zero-order chi connectivity index (χ0) is 12.8. The fourth-order valence-corrected chi connectivity index (χ4v) is 2.58. The van der Waals surface area contributed by atoms with Gasteiger partial charge < -0.3 is 11.1 Å². The van der Waals surface area contributed by atoms with Crippen molar-refractivity contribution in [1.29, 1.82) is 0 Å². The molecular formula is C15H19N3. The third-order valence-corrected chi connectivity index (χ3v) is 3.91. The molecule has 0 amide bonds. The Balaban J connectivity index is 2.04. The van der Waals surface area contributed by atoms with Crippen molar-refractivity contribution in [2.45, 2.75) is 32.2 Å². The second-order valence-electron chi connectivity index (χ2n) is 5.74. The largest absolute Gasteiger partial charge is 0.398 e. The van der Waals surface area contributed by atoms with Crippen LogP contribution in [0.15, 0.2) is 30.6 Å². The summed E-state index contributed by atoms with van der Waals surface area (Å²) in [7, 11) is 0. The summed E-state index contributed by atoms with van der Waals surface area (Å²) in [5.41, 5.74) is 8.08. The minimum Gasteiger partial charge on any atom is -0.398 e. The number of pyridine rings is 1. The van der Waals surface area contributed by atoms with E-state index in [1.54, 1.807) is 6.20 Å². The van der Waals surface area contributed by atoms with E-state index >= 15 is 0 Å². The standard InChI is InChI=1S/C15H19N3/c1-15(2,10-3-4-10)18-14-6-5-13(16)11-7-8-17-9-12(11)14/h5-10,18H,3-4,16H2,1-2H3. The van der Waals surface area contributed by atoms with Gasteiger partial charge in [-0.1, -0.05) is 0 Å². The molecule has 1 aromatic carbocycles. The second-order valence-corrected chi connectivity index (χ2v) is 5.74. The first-order valence-corrected chi connectivity index (χ1v) is 6.48. The third kappa shape index (κ3) is 1.90. The van der Waals surface area contributed by atoms with Gasteiger partial charge in [-0.3, -0.25) is 4.98 Å². The van der Waals surface area contributed by atoms with Crippen LogP contribution in [0.25, 0.3) is 10.8 Å². The fourth-order valence-electron chi connectivity index (χ4n) is 2.58. The molecule has 0 spiro atoms. The molecule has 0 radical (unpaired) electrons. The molecule has 3 heteroatoms. The molecule has 1 aliphatic carbocycles. The topological polar surface area (TPSA) is 50.9 Å². The van der Waals surface area contributed by atoms with Gasteiger partial charge in [0, 0.05) is 40.1 Å². The molecule has 94 valence electrons. The molecule has 0 bridgehead atoms. The number of nitrogens with one attached hydrogen (secondary N) is 1. The van der Waals surface area contributed by atoms with Crippen molar-refractivity contribution >= 4 is 22.1 Å². The Morgan fingerprint density at radius 1 is 1.22 bits per heavy atom. The number of nitrogens with two attached hydrogens (primary N) is 1. The number of benzene rings is 1. The van der Waals surface area contributed by atoms with E-state index in [1.807, 2.05) is 18.3 Å². The van der Waals surface area contributed by atoms with Gasteiger partial charge in [0.15, 0.2) is 0 Å². The Morgan fingerprint density at radius 3 is 2.72 bits per heavy atom. The quantitative estimate of drug-likeness (QED) is 0.809. The van der Waals surface area contributed by atoms with E-state index < -0.39 is 0 Å². The van der Waals surface area contributed by atoms with Crippen molar-refractivity contribution < 1.29 is 0 Å². The van der Waals surface area contributed by atoms with Gasteiger partial charge in [-0.25, -0.2) is 0 Å². The Morgan fingerprint density at radius 2 is 2.00 bits per heavy atom. The first-order valence-electron chi connectivity index (χ1n) is 6.48. The van der Waals surface area contributed by atoms with Crippen LogP contribution in [0.2, 0.25) is 0 Å². The van der Waals surface area contributed by atoms with E-state index in [2.05, 4.69) is 30.2 Å². The number of nitrogens with zero attached hydrogens (tertiary/aromatic N) is 1. The maximum atomic E-state index is 6.01. The zero-order valence-electron chi connectivity index (χ0n) is 10.9. The van der Waals surface area contributed by atoms with Crippen molar-refractivity contribution in [3.05, 3.63) is 30.6 Å². The van der Waals surface area contributed by atoms with Crippen LogP contribution in [-0.2, 0) is 0 Å². The number of fused-ring (bicyclic) bond motifs is 1. The molecule has 1 saturated carbocycles. The van der Waals surface area contributed by atoms with Crippen LogP contribution in [0.1, 0.15) is 26.7 Å². The van der Waals surface area contributed by atoms with Crippen LogP contribution in [0.5, 0.6) is 0 Å². The number of nitrogen functional groups attached to an aromatic ring is 1. The summed E-state index contributed by atoms with van der Waals surface area (Å²) >= 11 is 0. The molecule has 3 nitrogen and oxygen atoms in total. The van der Waals surface area contributed by atoms with Crippen molar-refractivity contribution in [3.8, 4) is 0 Å². The van der Waals surface area contributed by atoms with Crippen molar-refractivity contribution in [1.82, 2.24) is 4.98 Å². The maximum Gasteiger partial charge on any atom is 0.0441 e. The van der Waals surface area contributed by atoms with Crippen LogP contribution in [0.3, 0.4) is 0 Å². The highest BCUT2D eigenvalue weighted by Gasteiger charge is 2.37. The van der Waals surface area contributed by atoms with Crippen LogP contribution in [-0.4, -0.2) is 10.5 Å². The fraction of sp³-hybridized carbons (Fsp3) is 0.400. The van der Waals surface area contributed by atoms with E-state index in [-0.39, 0.29) is 5.54 Å². The SMILES string of the molecule is CC(C)(Nc1ccc(N)c2ccncc12)C1CC1. The molecule has 1 aliphatic rings. The van der Waals surface area contributed by atoms with E-state index in [1.165, 1.54) is 12.8 Å². The van der Waals surface area contributed by atoms with Gasteiger partial charge in [-0.15, -0.1) is 0 Å². The minimum absolute atomic E-state index is 0.138. The van der Waals surface area contributed by atoms with Crippen LogP contribution < -0.4 is 11.1 Å². The lowest BCUT2D eigenvalue weighted by atomic mass is 9.97. The van der Waals surface area contributed by atoms with Gasteiger partial charge in [-0.2, -0.15) is 0 Å². The molecule has 0 atom stereocenters. The highest BCUT2D eigenvalue weighted by molar-refractivity contribution is 6.00. The predicted octanol–water partition coefficient (Wildman–Crippen LogP) is 3.42. The number of aromatic nitrogens is 1. The molecule has 1 fully saturated rings. The van der Waals surface area contributed by atoms with Crippen molar-refractivity contribution in [2.24, 2.45) is 5.92 Å². The first kappa shape index (κ1) is 11.3. The molecule has 0 unspecified atom stereocenters. The van der Waals surface area contributed by atoms with E-state index in [9.17, 15) is 0 Å². The van der Waals surface area contributed by atoms with E-state index in [4.69, 9.17) is 5.73 Å². The Kier molecular flexibility index (Phi) is 2.44. The number of hydrogen-bond donors (Lipinski definition) is 2. The van der Waals surface area contributed by atoms with Crippen molar-refractivity contribution in [3.63, 3.8) is 0 Å². The van der Waals surface area contributed by atoms with Gasteiger partial charge in [0.05, 0.1) is 0 Å². The Bertz CT molecular complexity index is 585. The molecular weight excluding hydrogens is 222 g/mol. The molecule has 1 heterocycles. The summed E-state index contributed by atoms with van der Waals surface area (Å²) in [5.74, 6) is 0.779. The summed E-state index contributed by atoms with van der Waals surface area (Å²) in [6.07, 6.45) is 6.32. The lowest BCUT2D eigenvalue weighted by molar-refractivity contribution is 0.495. The number of anilines is 2. The average Bonchev–Trinajstić information content (AvgIpc) is 3.17. The van der Waals surface area contributed by atoms with Crippen LogP contribution >= 0.6 is 0 Å². The molecule has 18 heavy (non-hydrogen) atoms. The number of rotatable bonds is 3. The minimum atomic E-state index is 0.138. The molecule has 3 N–H and O–H groups in total. The third-order valence-electron chi connectivity index (χ3n) is 3.91. The molecule has 2 aromatic rings. The average molecular weight is 241 g/mol. The molecule has 1 aromatic heterocycles. The number of hydrogen-bond acceptors (Lipinski definition) is 3.